The summed E-state index contributed by atoms with van der Waals surface area (Å²) in [6.45, 7) is 2.19. The predicted molar refractivity (Wildman–Crippen MR) is 75.9 cm³/mol. The molecule has 0 spiro atoms. The van der Waals surface area contributed by atoms with Crippen molar-refractivity contribution < 1.29 is 5.11 Å². The monoisotopic (exact) mass is 247 g/mol. The van der Waals surface area contributed by atoms with E-state index in [1.54, 1.807) is 12.1 Å². The van der Waals surface area contributed by atoms with Crippen molar-refractivity contribution in [1.29, 1.82) is 0 Å². The molecule has 0 heterocycles. The van der Waals surface area contributed by atoms with Crippen LogP contribution in [0.2, 0.25) is 0 Å². The van der Waals surface area contributed by atoms with Gasteiger partial charge in [0.1, 0.15) is 5.75 Å². The van der Waals surface area contributed by atoms with E-state index in [1.165, 1.54) is 44.1 Å². The van der Waals surface area contributed by atoms with Crippen molar-refractivity contribution in [2.75, 3.05) is 13.1 Å². The average Bonchev–Trinajstić information content (AvgIpc) is 2.42. The molecule has 2 heteroatoms. The Balaban J connectivity index is 1.54. The zero-order valence-electron chi connectivity index (χ0n) is 11.2. The predicted octanol–water partition coefficient (Wildman–Crippen LogP) is 3.49. The minimum absolute atomic E-state index is 0.351. The summed E-state index contributed by atoms with van der Waals surface area (Å²) in [6.07, 6.45) is 9.61. The van der Waals surface area contributed by atoms with E-state index in [0.29, 0.717) is 5.75 Å². The molecule has 0 aliphatic heterocycles. The summed E-state index contributed by atoms with van der Waals surface area (Å²) in [5, 5.41) is 12.7. The van der Waals surface area contributed by atoms with Crippen molar-refractivity contribution in [2.24, 2.45) is 5.92 Å². The van der Waals surface area contributed by atoms with E-state index < -0.39 is 0 Å². The van der Waals surface area contributed by atoms with Crippen LogP contribution in [0.3, 0.4) is 0 Å². The molecule has 0 aromatic heterocycles. The van der Waals surface area contributed by atoms with Gasteiger partial charge in [-0.2, -0.15) is 0 Å². The molecule has 0 saturated heterocycles. The first-order valence-electron chi connectivity index (χ1n) is 7.33. The Labute approximate surface area is 110 Å². The van der Waals surface area contributed by atoms with Gasteiger partial charge in [-0.05, 0) is 49.5 Å². The lowest BCUT2D eigenvalue weighted by Crippen LogP contribution is -2.21. The Morgan fingerprint density at radius 1 is 1.00 bits per heavy atom. The summed E-state index contributed by atoms with van der Waals surface area (Å²) >= 11 is 0. The smallest absolute Gasteiger partial charge is 0.115 e. The summed E-state index contributed by atoms with van der Waals surface area (Å²) in [4.78, 5) is 0. The summed E-state index contributed by atoms with van der Waals surface area (Å²) in [5.74, 6) is 1.32. The van der Waals surface area contributed by atoms with Crippen molar-refractivity contribution in [1.82, 2.24) is 5.32 Å². The van der Waals surface area contributed by atoms with Gasteiger partial charge in [0.2, 0.25) is 0 Å². The standard InChI is InChI=1S/C16H25NO/c18-16-8-6-15(7-9-16)11-13-17-12-10-14-4-2-1-3-5-14/h6-9,14,17-18H,1-5,10-13H2. The second kappa shape index (κ2) is 7.42. The Morgan fingerprint density at radius 3 is 2.44 bits per heavy atom. The molecule has 1 aliphatic rings. The molecule has 0 radical (unpaired) electrons. The molecular weight excluding hydrogens is 222 g/mol. The van der Waals surface area contributed by atoms with Crippen LogP contribution in [0, 0.1) is 5.92 Å². The molecule has 2 N–H and O–H groups in total. The van der Waals surface area contributed by atoms with Crippen LogP contribution >= 0.6 is 0 Å². The van der Waals surface area contributed by atoms with Crippen LogP contribution in [-0.2, 0) is 6.42 Å². The fraction of sp³-hybridized carbons (Fsp3) is 0.625. The SMILES string of the molecule is Oc1ccc(CCNCCC2CCCCC2)cc1. The molecule has 1 aromatic carbocycles. The molecule has 100 valence electrons. The van der Waals surface area contributed by atoms with Gasteiger partial charge in [-0.3, -0.25) is 0 Å². The van der Waals surface area contributed by atoms with E-state index >= 15 is 0 Å². The molecule has 1 fully saturated rings. The van der Waals surface area contributed by atoms with Gasteiger partial charge in [0.25, 0.3) is 0 Å². The second-order valence-corrected chi connectivity index (χ2v) is 5.46. The van der Waals surface area contributed by atoms with Gasteiger partial charge < -0.3 is 10.4 Å². The highest BCUT2D eigenvalue weighted by molar-refractivity contribution is 5.25. The van der Waals surface area contributed by atoms with E-state index in [2.05, 4.69) is 5.32 Å². The van der Waals surface area contributed by atoms with Gasteiger partial charge >= 0.3 is 0 Å². The van der Waals surface area contributed by atoms with E-state index in [0.717, 1.165) is 25.4 Å². The van der Waals surface area contributed by atoms with Crippen LogP contribution in [0.25, 0.3) is 0 Å². The van der Waals surface area contributed by atoms with Crippen LogP contribution in [0.15, 0.2) is 24.3 Å². The number of hydrogen-bond acceptors (Lipinski definition) is 2. The van der Waals surface area contributed by atoms with Crippen LogP contribution < -0.4 is 5.32 Å². The maximum absolute atomic E-state index is 9.19. The van der Waals surface area contributed by atoms with Gasteiger partial charge in [0, 0.05) is 0 Å². The lowest BCUT2D eigenvalue weighted by molar-refractivity contribution is 0.334. The topological polar surface area (TPSA) is 32.3 Å². The third kappa shape index (κ3) is 4.69. The zero-order valence-corrected chi connectivity index (χ0v) is 11.2. The van der Waals surface area contributed by atoms with Crippen molar-refractivity contribution in [2.45, 2.75) is 44.9 Å². The van der Waals surface area contributed by atoms with Crippen molar-refractivity contribution in [3.63, 3.8) is 0 Å². The molecule has 1 aliphatic carbocycles. The minimum atomic E-state index is 0.351. The maximum Gasteiger partial charge on any atom is 0.115 e. The maximum atomic E-state index is 9.19. The van der Waals surface area contributed by atoms with Gasteiger partial charge in [0.05, 0.1) is 0 Å². The second-order valence-electron chi connectivity index (χ2n) is 5.46. The van der Waals surface area contributed by atoms with Crippen LogP contribution in [0.5, 0.6) is 5.75 Å². The normalized spacial score (nSPS) is 16.9. The zero-order chi connectivity index (χ0) is 12.6. The Kier molecular flexibility index (Phi) is 5.53. The molecule has 2 nitrogen and oxygen atoms in total. The van der Waals surface area contributed by atoms with Gasteiger partial charge in [-0.1, -0.05) is 44.2 Å². The third-order valence-corrected chi connectivity index (χ3v) is 3.98. The summed E-state index contributed by atoms with van der Waals surface area (Å²) in [5.41, 5.74) is 1.29. The number of rotatable bonds is 6. The van der Waals surface area contributed by atoms with E-state index in [1.807, 2.05) is 12.1 Å². The molecule has 0 atom stereocenters. The Morgan fingerprint density at radius 2 is 1.72 bits per heavy atom. The molecule has 1 aromatic rings. The minimum Gasteiger partial charge on any atom is -0.508 e. The first kappa shape index (κ1) is 13.4. The van der Waals surface area contributed by atoms with Crippen LogP contribution in [0.1, 0.15) is 44.1 Å². The van der Waals surface area contributed by atoms with E-state index in [4.69, 9.17) is 0 Å². The molecule has 0 unspecified atom stereocenters. The highest BCUT2D eigenvalue weighted by atomic mass is 16.3. The Hall–Kier alpha value is -1.02. The quantitative estimate of drug-likeness (QED) is 0.754. The molecule has 18 heavy (non-hydrogen) atoms. The molecule has 0 bridgehead atoms. The van der Waals surface area contributed by atoms with Crippen molar-refractivity contribution >= 4 is 0 Å². The first-order valence-corrected chi connectivity index (χ1v) is 7.33. The highest BCUT2D eigenvalue weighted by Crippen LogP contribution is 2.25. The third-order valence-electron chi connectivity index (χ3n) is 3.98. The first-order chi connectivity index (χ1) is 8.84. The molecule has 1 saturated carbocycles. The van der Waals surface area contributed by atoms with Gasteiger partial charge in [-0.25, -0.2) is 0 Å². The fourth-order valence-electron chi connectivity index (χ4n) is 2.80. The number of benzene rings is 1. The molecular formula is C16H25NO. The van der Waals surface area contributed by atoms with Crippen LogP contribution in [0.4, 0.5) is 0 Å². The highest BCUT2D eigenvalue weighted by Gasteiger charge is 2.12. The Bertz CT molecular complexity index is 327. The number of hydrogen-bond donors (Lipinski definition) is 2. The van der Waals surface area contributed by atoms with Crippen molar-refractivity contribution in [3.05, 3.63) is 29.8 Å². The number of phenolic OH excluding ortho intramolecular Hbond substituents is 1. The van der Waals surface area contributed by atoms with E-state index in [9.17, 15) is 5.11 Å². The summed E-state index contributed by atoms with van der Waals surface area (Å²) in [6, 6.07) is 7.52. The van der Waals surface area contributed by atoms with Gasteiger partial charge in [0.15, 0.2) is 0 Å². The molecule has 0 amide bonds. The fourth-order valence-corrected chi connectivity index (χ4v) is 2.80. The number of aromatic hydroxyl groups is 1. The molecule has 2 rings (SSSR count). The van der Waals surface area contributed by atoms with Crippen LogP contribution in [-0.4, -0.2) is 18.2 Å². The lowest BCUT2D eigenvalue weighted by atomic mass is 9.87. The average molecular weight is 247 g/mol. The number of nitrogens with one attached hydrogen (secondary N) is 1. The van der Waals surface area contributed by atoms with Gasteiger partial charge in [-0.15, -0.1) is 0 Å². The summed E-state index contributed by atoms with van der Waals surface area (Å²) < 4.78 is 0. The number of phenols is 1. The largest absolute Gasteiger partial charge is 0.508 e. The summed E-state index contributed by atoms with van der Waals surface area (Å²) in [7, 11) is 0. The lowest BCUT2D eigenvalue weighted by Gasteiger charge is -2.21. The van der Waals surface area contributed by atoms with Crippen molar-refractivity contribution in [3.8, 4) is 5.75 Å². The van der Waals surface area contributed by atoms with E-state index in [-0.39, 0.29) is 0 Å².